The van der Waals surface area contributed by atoms with E-state index in [2.05, 4.69) is 31.1 Å². The van der Waals surface area contributed by atoms with E-state index in [0.29, 0.717) is 38.6 Å². The molecule has 2 atom stereocenters. The number of benzene rings is 1. The second-order valence-corrected chi connectivity index (χ2v) is 9.25. The molecule has 4 aromatic rings. The van der Waals surface area contributed by atoms with E-state index < -0.39 is 11.9 Å². The van der Waals surface area contributed by atoms with Gasteiger partial charge in [-0.05, 0) is 38.0 Å². The first-order valence-electron chi connectivity index (χ1n) is 11.2. The van der Waals surface area contributed by atoms with Crippen LogP contribution in [0.25, 0.3) is 22.2 Å². The van der Waals surface area contributed by atoms with Gasteiger partial charge in [0.2, 0.25) is 0 Å². The maximum absolute atomic E-state index is 14.8. The third kappa shape index (κ3) is 4.49. The molecule has 35 heavy (non-hydrogen) atoms. The molecule has 0 unspecified atom stereocenters. The van der Waals surface area contributed by atoms with Crippen molar-refractivity contribution in [3.05, 3.63) is 64.3 Å². The molecule has 7 nitrogen and oxygen atoms in total. The van der Waals surface area contributed by atoms with Gasteiger partial charge in [-0.1, -0.05) is 23.2 Å². The molecule has 0 saturated carbocycles. The summed E-state index contributed by atoms with van der Waals surface area (Å²) in [5.41, 5.74) is 2.48. The van der Waals surface area contributed by atoms with Crippen LogP contribution in [0.15, 0.2) is 42.9 Å². The largest absolute Gasteiger partial charge is 0.483 e. The number of nitrogens with zero attached hydrogens (tertiary/aromatic N) is 5. The van der Waals surface area contributed by atoms with Crippen LogP contribution in [0.1, 0.15) is 37.9 Å². The van der Waals surface area contributed by atoms with Gasteiger partial charge in [0.25, 0.3) is 0 Å². The minimum absolute atomic E-state index is 0.0533. The summed E-state index contributed by atoms with van der Waals surface area (Å²) >= 11 is 12.5. The summed E-state index contributed by atoms with van der Waals surface area (Å²) in [7, 11) is 0. The Bertz CT molecular complexity index is 1400. The number of aromatic nitrogens is 4. The molecule has 1 aliphatic rings. The predicted octanol–water partition coefficient (Wildman–Crippen LogP) is 6.49. The highest BCUT2D eigenvalue weighted by atomic mass is 35.5. The van der Waals surface area contributed by atoms with Gasteiger partial charge >= 0.3 is 0 Å². The number of hydrogen-bond donors (Lipinski definition) is 1. The highest BCUT2D eigenvalue weighted by Gasteiger charge is 2.25. The van der Waals surface area contributed by atoms with Gasteiger partial charge in [0.05, 0.1) is 28.1 Å². The lowest BCUT2D eigenvalue weighted by atomic mass is 10.1. The van der Waals surface area contributed by atoms with Crippen molar-refractivity contribution in [2.75, 3.05) is 11.4 Å². The van der Waals surface area contributed by atoms with E-state index in [-0.39, 0.29) is 11.8 Å². The van der Waals surface area contributed by atoms with E-state index in [1.54, 1.807) is 19.2 Å². The number of fused-ring (bicyclic) bond motifs is 1. The number of halogens is 3. The first-order valence-corrected chi connectivity index (χ1v) is 11.9. The van der Waals surface area contributed by atoms with Crippen molar-refractivity contribution in [3.8, 4) is 23.1 Å². The van der Waals surface area contributed by atoms with E-state index in [9.17, 15) is 4.39 Å². The average Bonchev–Trinajstić information content (AvgIpc) is 3.46. The number of pyridine rings is 2. The maximum atomic E-state index is 14.8. The minimum Gasteiger partial charge on any atom is -0.483 e. The summed E-state index contributed by atoms with van der Waals surface area (Å²) in [6, 6.07) is 9.28. The van der Waals surface area contributed by atoms with Crippen molar-refractivity contribution < 1.29 is 9.13 Å². The number of rotatable bonds is 6. The van der Waals surface area contributed by atoms with Gasteiger partial charge in [0.1, 0.15) is 17.6 Å². The van der Waals surface area contributed by atoms with Gasteiger partial charge in [0.15, 0.2) is 11.6 Å². The van der Waals surface area contributed by atoms with Crippen LogP contribution in [0.5, 0.6) is 5.75 Å². The number of aromatic amines is 1. The van der Waals surface area contributed by atoms with Crippen LogP contribution in [0.4, 0.5) is 10.2 Å². The molecule has 178 valence electrons. The molecule has 0 amide bonds. The smallest absolute Gasteiger partial charge is 0.167 e. The standard InChI is InChI=1S/C25H21Cl2FN6O/c1-14(24-18(26)12-30-13-19(24)27)35-22-9-17-21(10-20(22)28)32-33-25(17)15-4-5-23(31-11-15)34-8-2-3-16(34)6-7-29/h4-5,9-14,16H,2-3,6,8H2,1H3,(H,32,33)/t14-,16-/m1/s1. The van der Waals surface area contributed by atoms with E-state index in [1.165, 1.54) is 18.5 Å². The number of nitrogens with one attached hydrogen (secondary N) is 1. The minimum atomic E-state index is -0.608. The zero-order valence-electron chi connectivity index (χ0n) is 18.8. The van der Waals surface area contributed by atoms with Crippen molar-refractivity contribution in [2.24, 2.45) is 0 Å². The van der Waals surface area contributed by atoms with Gasteiger partial charge in [-0.25, -0.2) is 9.37 Å². The Morgan fingerprint density at radius 1 is 1.26 bits per heavy atom. The maximum Gasteiger partial charge on any atom is 0.167 e. The Labute approximate surface area is 211 Å². The molecule has 0 bridgehead atoms. The van der Waals surface area contributed by atoms with Crippen molar-refractivity contribution in [2.45, 2.75) is 38.3 Å². The highest BCUT2D eigenvalue weighted by molar-refractivity contribution is 6.35. The lowest BCUT2D eigenvalue weighted by molar-refractivity contribution is 0.217. The number of hydrogen-bond acceptors (Lipinski definition) is 6. The third-order valence-corrected chi connectivity index (χ3v) is 6.84. The normalized spacial score (nSPS) is 16.4. The van der Waals surface area contributed by atoms with Gasteiger partial charge in [-0.2, -0.15) is 10.4 Å². The number of anilines is 1. The lowest BCUT2D eigenvalue weighted by Crippen LogP contribution is -2.29. The summed E-state index contributed by atoms with van der Waals surface area (Å²) in [4.78, 5) is 10.7. The number of ether oxygens (including phenoxy) is 1. The molecule has 1 N–H and O–H groups in total. The molecule has 0 radical (unpaired) electrons. The van der Waals surface area contributed by atoms with Crippen LogP contribution in [-0.4, -0.2) is 32.8 Å². The zero-order chi connectivity index (χ0) is 24.5. The van der Waals surface area contributed by atoms with Gasteiger partial charge in [-0.3, -0.25) is 10.1 Å². The van der Waals surface area contributed by atoms with Crippen LogP contribution in [0, 0.1) is 17.1 Å². The Morgan fingerprint density at radius 2 is 2.06 bits per heavy atom. The lowest BCUT2D eigenvalue weighted by Gasteiger charge is -2.23. The van der Waals surface area contributed by atoms with Crippen LogP contribution in [0.2, 0.25) is 10.0 Å². The van der Waals surface area contributed by atoms with E-state index >= 15 is 0 Å². The first kappa shape index (κ1) is 23.3. The quantitative estimate of drug-likeness (QED) is 0.318. The molecule has 3 aromatic heterocycles. The fraction of sp³-hybridized carbons (Fsp3) is 0.280. The molecule has 10 heteroatoms. The Hall–Kier alpha value is -3.41. The predicted molar refractivity (Wildman–Crippen MR) is 133 cm³/mol. The summed E-state index contributed by atoms with van der Waals surface area (Å²) in [5.74, 6) is 0.353. The van der Waals surface area contributed by atoms with Crippen molar-refractivity contribution >= 4 is 39.9 Å². The van der Waals surface area contributed by atoms with Crippen LogP contribution < -0.4 is 9.64 Å². The Balaban J connectivity index is 1.44. The van der Waals surface area contributed by atoms with E-state index in [1.807, 2.05) is 12.1 Å². The van der Waals surface area contributed by atoms with Crippen LogP contribution >= 0.6 is 23.2 Å². The molecular weight excluding hydrogens is 490 g/mol. The Kier molecular flexibility index (Phi) is 6.46. The summed E-state index contributed by atoms with van der Waals surface area (Å²) in [6.45, 7) is 2.63. The molecule has 1 aromatic carbocycles. The number of nitriles is 1. The summed E-state index contributed by atoms with van der Waals surface area (Å²) < 4.78 is 20.8. The van der Waals surface area contributed by atoms with E-state index in [0.717, 1.165) is 30.8 Å². The molecule has 1 saturated heterocycles. The summed E-state index contributed by atoms with van der Waals surface area (Å²) in [6.07, 6.45) is 6.59. The molecule has 5 rings (SSSR count). The van der Waals surface area contributed by atoms with Crippen molar-refractivity contribution in [1.29, 1.82) is 5.26 Å². The van der Waals surface area contributed by atoms with E-state index in [4.69, 9.17) is 33.2 Å². The van der Waals surface area contributed by atoms with Gasteiger partial charge < -0.3 is 9.64 Å². The van der Waals surface area contributed by atoms with Crippen LogP contribution in [-0.2, 0) is 0 Å². The fourth-order valence-corrected chi connectivity index (χ4v) is 5.21. The second kappa shape index (κ2) is 9.68. The highest BCUT2D eigenvalue weighted by Crippen LogP contribution is 2.36. The average molecular weight is 511 g/mol. The zero-order valence-corrected chi connectivity index (χ0v) is 20.3. The van der Waals surface area contributed by atoms with Crippen molar-refractivity contribution in [3.63, 3.8) is 0 Å². The Morgan fingerprint density at radius 3 is 2.77 bits per heavy atom. The topological polar surface area (TPSA) is 90.7 Å². The fourth-order valence-electron chi connectivity index (χ4n) is 4.54. The SMILES string of the molecule is C[C@@H](Oc1cc2c(-c3ccc(N4CCC[C@@H]4CC#N)nc3)n[nH]c2cc1F)c1c(Cl)cncc1Cl. The molecule has 4 heterocycles. The monoisotopic (exact) mass is 510 g/mol. The van der Waals surface area contributed by atoms with Crippen molar-refractivity contribution in [1.82, 2.24) is 20.2 Å². The molecule has 0 spiro atoms. The second-order valence-electron chi connectivity index (χ2n) is 8.43. The third-order valence-electron chi connectivity index (χ3n) is 6.24. The number of H-pyrrole nitrogens is 1. The van der Waals surface area contributed by atoms with Gasteiger partial charge in [0, 0.05) is 53.8 Å². The molecule has 0 aliphatic carbocycles. The molecular formula is C25H21Cl2FN6O. The summed E-state index contributed by atoms with van der Waals surface area (Å²) in [5, 5.41) is 17.7. The molecule has 1 fully saturated rings. The van der Waals surface area contributed by atoms with Crippen LogP contribution in [0.3, 0.4) is 0 Å². The van der Waals surface area contributed by atoms with Gasteiger partial charge in [-0.15, -0.1) is 0 Å². The molecule has 1 aliphatic heterocycles. The first-order chi connectivity index (χ1) is 17.0.